The Morgan fingerprint density at radius 1 is 1.00 bits per heavy atom. The number of likely N-dealkylation sites (N-methyl/N-ethyl adjacent to an activating group) is 1. The first-order valence-corrected chi connectivity index (χ1v) is 12.6. The van der Waals surface area contributed by atoms with Gasteiger partial charge in [-0.05, 0) is 66.8 Å². The summed E-state index contributed by atoms with van der Waals surface area (Å²) in [7, 11) is 1.98. The van der Waals surface area contributed by atoms with Crippen LogP contribution in [0.15, 0.2) is 18.2 Å². The van der Waals surface area contributed by atoms with Gasteiger partial charge in [0.15, 0.2) is 0 Å². The first-order chi connectivity index (χ1) is 17.6. The Hall–Kier alpha value is -3.67. The standard InChI is InChI=1S/C26H38N6O6/c1-25(2,3)37-23(35)21-28-17-9-8-16(14-18(17)29-21)27-22(34)19(30-24(36)38-26(4,5)6)15-20(33)32-12-10-31(7)11-13-32/h8-9,14,19H,10-13,15H2,1-7H3,(H,27,34)(H,28,29)(H,30,36)/t19-/m0/s1. The largest absolute Gasteiger partial charge is 0.454 e. The normalized spacial score (nSPS) is 15.6. The number of ether oxygens (including phenoxy) is 2. The van der Waals surface area contributed by atoms with Crippen molar-refractivity contribution in [3.8, 4) is 0 Å². The van der Waals surface area contributed by atoms with E-state index >= 15 is 0 Å². The quantitative estimate of drug-likeness (QED) is 0.483. The van der Waals surface area contributed by atoms with Crippen molar-refractivity contribution in [3.05, 3.63) is 24.0 Å². The third kappa shape index (κ3) is 8.44. The van der Waals surface area contributed by atoms with Gasteiger partial charge < -0.3 is 34.9 Å². The molecule has 1 atom stereocenters. The molecule has 0 unspecified atom stereocenters. The number of fused-ring (bicyclic) bond motifs is 1. The van der Waals surface area contributed by atoms with E-state index in [4.69, 9.17) is 9.47 Å². The number of benzene rings is 1. The first kappa shape index (κ1) is 28.9. The Labute approximate surface area is 222 Å². The number of H-pyrrole nitrogens is 1. The zero-order valence-corrected chi connectivity index (χ0v) is 23.1. The number of piperazine rings is 1. The minimum atomic E-state index is -1.16. The number of alkyl carbamates (subject to hydrolysis) is 1. The van der Waals surface area contributed by atoms with Crippen LogP contribution >= 0.6 is 0 Å². The minimum Gasteiger partial charge on any atom is -0.454 e. The molecule has 1 aromatic carbocycles. The molecule has 1 saturated heterocycles. The van der Waals surface area contributed by atoms with Crippen LogP contribution in [0.2, 0.25) is 0 Å². The Balaban J connectivity index is 1.75. The molecule has 0 spiro atoms. The van der Waals surface area contributed by atoms with Crippen LogP contribution < -0.4 is 10.6 Å². The van der Waals surface area contributed by atoms with E-state index in [1.54, 1.807) is 64.6 Å². The highest BCUT2D eigenvalue weighted by molar-refractivity contribution is 6.00. The molecule has 0 saturated carbocycles. The number of nitrogens with zero attached hydrogens (tertiary/aromatic N) is 3. The summed E-state index contributed by atoms with van der Waals surface area (Å²) in [6.07, 6.45) is -1.01. The topological polar surface area (TPSA) is 146 Å². The number of imidazole rings is 1. The van der Waals surface area contributed by atoms with Crippen LogP contribution in [0.25, 0.3) is 11.0 Å². The van der Waals surface area contributed by atoms with Crippen LogP contribution in [0.3, 0.4) is 0 Å². The molecular weight excluding hydrogens is 492 g/mol. The van der Waals surface area contributed by atoms with Crippen LogP contribution in [0.5, 0.6) is 0 Å². The molecule has 0 aliphatic carbocycles. The van der Waals surface area contributed by atoms with Crippen LogP contribution in [-0.4, -0.2) is 94.1 Å². The monoisotopic (exact) mass is 530 g/mol. The molecule has 2 aromatic rings. The highest BCUT2D eigenvalue weighted by Gasteiger charge is 2.30. The van der Waals surface area contributed by atoms with E-state index in [2.05, 4.69) is 25.5 Å². The average Bonchev–Trinajstić information content (AvgIpc) is 3.20. The number of anilines is 1. The fraction of sp³-hybridized carbons (Fsp3) is 0.577. The SMILES string of the molecule is CN1CCN(C(=O)C[C@H](NC(=O)OC(C)(C)C)C(=O)Nc2ccc3nc(C(=O)OC(C)(C)C)[nH]c3c2)CC1. The fourth-order valence-electron chi connectivity index (χ4n) is 3.76. The number of aromatic amines is 1. The summed E-state index contributed by atoms with van der Waals surface area (Å²) >= 11 is 0. The molecule has 3 amide bonds. The number of amides is 3. The van der Waals surface area contributed by atoms with Gasteiger partial charge in [-0.15, -0.1) is 0 Å². The van der Waals surface area contributed by atoms with Gasteiger partial charge in [-0.1, -0.05) is 0 Å². The lowest BCUT2D eigenvalue weighted by atomic mass is 10.1. The Bertz CT molecular complexity index is 1190. The molecule has 0 bridgehead atoms. The van der Waals surface area contributed by atoms with Gasteiger partial charge in [-0.25, -0.2) is 14.6 Å². The number of nitrogens with one attached hydrogen (secondary N) is 3. The Morgan fingerprint density at radius 2 is 1.63 bits per heavy atom. The number of carbonyl (C=O) groups is 4. The van der Waals surface area contributed by atoms with Crippen molar-refractivity contribution in [1.82, 2.24) is 25.1 Å². The van der Waals surface area contributed by atoms with Crippen LogP contribution in [0.4, 0.5) is 10.5 Å². The number of hydrogen-bond acceptors (Lipinski definition) is 8. The van der Waals surface area contributed by atoms with E-state index < -0.39 is 35.2 Å². The minimum absolute atomic E-state index is 0.0423. The molecule has 3 N–H and O–H groups in total. The molecule has 208 valence electrons. The molecule has 12 heteroatoms. The number of rotatable bonds is 6. The number of carbonyl (C=O) groups excluding carboxylic acids is 4. The van der Waals surface area contributed by atoms with Crippen LogP contribution in [-0.2, 0) is 19.1 Å². The predicted octanol–water partition coefficient (Wildman–Crippen LogP) is 2.51. The maximum absolute atomic E-state index is 13.2. The lowest BCUT2D eigenvalue weighted by Crippen LogP contribution is -2.51. The van der Waals surface area contributed by atoms with Gasteiger partial charge >= 0.3 is 12.1 Å². The number of hydrogen-bond donors (Lipinski definition) is 3. The van der Waals surface area contributed by atoms with Gasteiger partial charge in [0.05, 0.1) is 17.5 Å². The Morgan fingerprint density at radius 3 is 2.24 bits per heavy atom. The highest BCUT2D eigenvalue weighted by atomic mass is 16.6. The summed E-state index contributed by atoms with van der Waals surface area (Å²) < 4.78 is 10.7. The summed E-state index contributed by atoms with van der Waals surface area (Å²) in [4.78, 5) is 62.0. The van der Waals surface area contributed by atoms with Crippen molar-refractivity contribution < 1.29 is 28.7 Å². The molecule has 38 heavy (non-hydrogen) atoms. The second kappa shape index (κ2) is 11.4. The zero-order chi connectivity index (χ0) is 28.3. The van der Waals surface area contributed by atoms with E-state index in [0.29, 0.717) is 29.8 Å². The van der Waals surface area contributed by atoms with Gasteiger partial charge in [0.25, 0.3) is 0 Å². The summed E-state index contributed by atoms with van der Waals surface area (Å²) in [5, 5.41) is 5.28. The van der Waals surface area contributed by atoms with Crippen molar-refractivity contribution in [2.45, 2.75) is 65.2 Å². The molecule has 1 aliphatic heterocycles. The van der Waals surface area contributed by atoms with E-state index in [-0.39, 0.29) is 18.2 Å². The molecule has 12 nitrogen and oxygen atoms in total. The van der Waals surface area contributed by atoms with Crippen LogP contribution in [0, 0.1) is 0 Å². The number of aromatic nitrogens is 2. The molecule has 0 radical (unpaired) electrons. The summed E-state index contributed by atoms with van der Waals surface area (Å²) in [6, 6.07) is 3.71. The van der Waals surface area contributed by atoms with Crippen molar-refractivity contribution in [2.24, 2.45) is 0 Å². The molecular formula is C26H38N6O6. The first-order valence-electron chi connectivity index (χ1n) is 12.6. The van der Waals surface area contributed by atoms with Gasteiger partial charge in [0.2, 0.25) is 17.6 Å². The van der Waals surface area contributed by atoms with Gasteiger partial charge in [0, 0.05) is 31.9 Å². The maximum atomic E-state index is 13.2. The molecule has 3 rings (SSSR count). The third-order valence-corrected chi connectivity index (χ3v) is 5.58. The Kier molecular flexibility index (Phi) is 8.65. The predicted molar refractivity (Wildman–Crippen MR) is 142 cm³/mol. The summed E-state index contributed by atoms with van der Waals surface area (Å²) in [5.41, 5.74) is -0.0342. The second-order valence-corrected chi connectivity index (χ2v) is 11.4. The molecule has 1 fully saturated rings. The second-order valence-electron chi connectivity index (χ2n) is 11.4. The summed E-state index contributed by atoms with van der Waals surface area (Å²) in [5.74, 6) is -1.37. The lowest BCUT2D eigenvalue weighted by molar-refractivity contribution is -0.135. The van der Waals surface area contributed by atoms with E-state index in [0.717, 1.165) is 13.1 Å². The highest BCUT2D eigenvalue weighted by Crippen LogP contribution is 2.20. The summed E-state index contributed by atoms with van der Waals surface area (Å²) in [6.45, 7) is 13.0. The van der Waals surface area contributed by atoms with E-state index in [1.165, 1.54) is 0 Å². The molecule has 2 heterocycles. The van der Waals surface area contributed by atoms with E-state index in [9.17, 15) is 19.2 Å². The van der Waals surface area contributed by atoms with Gasteiger partial charge in [-0.3, -0.25) is 9.59 Å². The van der Waals surface area contributed by atoms with Crippen molar-refractivity contribution in [3.63, 3.8) is 0 Å². The number of esters is 1. The van der Waals surface area contributed by atoms with E-state index in [1.807, 2.05) is 7.05 Å². The van der Waals surface area contributed by atoms with Crippen molar-refractivity contribution in [1.29, 1.82) is 0 Å². The fourth-order valence-corrected chi connectivity index (χ4v) is 3.76. The third-order valence-electron chi connectivity index (χ3n) is 5.58. The van der Waals surface area contributed by atoms with Crippen LogP contribution in [0.1, 0.15) is 58.6 Å². The molecule has 1 aromatic heterocycles. The average molecular weight is 531 g/mol. The smallest absolute Gasteiger partial charge is 0.408 e. The molecule has 1 aliphatic rings. The van der Waals surface area contributed by atoms with Crippen molar-refractivity contribution in [2.75, 3.05) is 38.5 Å². The lowest BCUT2D eigenvalue weighted by Gasteiger charge is -2.33. The van der Waals surface area contributed by atoms with Crippen molar-refractivity contribution >= 4 is 40.6 Å². The zero-order valence-electron chi connectivity index (χ0n) is 23.1. The van der Waals surface area contributed by atoms with Gasteiger partial charge in [0.1, 0.15) is 17.2 Å². The van der Waals surface area contributed by atoms with Gasteiger partial charge in [-0.2, -0.15) is 0 Å². The maximum Gasteiger partial charge on any atom is 0.408 e.